The molecule has 0 aromatic carbocycles. The molecule has 1 aromatic heterocycles. The summed E-state index contributed by atoms with van der Waals surface area (Å²) in [5, 5.41) is 3.00. The summed E-state index contributed by atoms with van der Waals surface area (Å²) in [6.07, 6.45) is 2.83. The number of hydrogen-bond acceptors (Lipinski definition) is 4. The minimum atomic E-state index is -0.698. The highest BCUT2D eigenvalue weighted by atomic mass is 19.1. The van der Waals surface area contributed by atoms with E-state index < -0.39 is 24.1 Å². The topological polar surface area (TPSA) is 43.4 Å². The molecule has 0 unspecified atom stereocenters. The van der Waals surface area contributed by atoms with Crippen molar-refractivity contribution in [2.75, 3.05) is 7.05 Å². The fourth-order valence-electron chi connectivity index (χ4n) is 2.04. The Hall–Kier alpha value is -0.975. The molecule has 19 heavy (non-hydrogen) atoms. The van der Waals surface area contributed by atoms with Crippen molar-refractivity contribution in [1.29, 1.82) is 0 Å². The normalized spacial score (nSPS) is 20.8. The van der Waals surface area contributed by atoms with E-state index in [0.717, 1.165) is 5.56 Å². The van der Waals surface area contributed by atoms with Crippen LogP contribution in [0, 0.1) is 5.82 Å². The van der Waals surface area contributed by atoms with Gasteiger partial charge in [-0.25, -0.2) is 4.39 Å². The van der Waals surface area contributed by atoms with Crippen LogP contribution in [0.4, 0.5) is 4.39 Å². The van der Waals surface area contributed by atoms with Gasteiger partial charge in [-0.15, -0.1) is 0 Å². The molecule has 2 rings (SSSR count). The first-order valence-corrected chi connectivity index (χ1v) is 6.41. The maximum absolute atomic E-state index is 14.1. The summed E-state index contributed by atoms with van der Waals surface area (Å²) in [5.41, 5.74) is 0.221. The number of hydrogen-bond donors (Lipinski definition) is 1. The van der Waals surface area contributed by atoms with Gasteiger partial charge in [0.1, 0.15) is 5.82 Å². The molecule has 1 fully saturated rings. The molecule has 0 amide bonds. The smallest absolute Gasteiger partial charge is 0.399 e. The van der Waals surface area contributed by atoms with Gasteiger partial charge in [0, 0.05) is 18.2 Å². The second-order valence-corrected chi connectivity index (χ2v) is 5.81. The van der Waals surface area contributed by atoms with E-state index >= 15 is 0 Å². The molecule has 1 saturated heterocycles. The van der Waals surface area contributed by atoms with E-state index in [1.54, 1.807) is 13.2 Å². The first kappa shape index (κ1) is 14.4. The average molecular weight is 266 g/mol. The van der Waals surface area contributed by atoms with Crippen LogP contribution in [0.3, 0.4) is 0 Å². The average Bonchev–Trinajstić information content (AvgIpc) is 2.48. The van der Waals surface area contributed by atoms with Crippen LogP contribution in [-0.4, -0.2) is 30.4 Å². The molecule has 0 atom stereocenters. The van der Waals surface area contributed by atoms with Crippen LogP contribution in [0.25, 0.3) is 0 Å². The fraction of sp³-hybridized carbons (Fsp3) is 0.615. The molecule has 104 valence electrons. The molecule has 1 N–H and O–H groups in total. The van der Waals surface area contributed by atoms with Gasteiger partial charge in [-0.05, 0) is 40.3 Å². The molecular formula is C13H20BFN2O2. The molecule has 0 aliphatic carbocycles. The predicted molar refractivity (Wildman–Crippen MR) is 72.7 cm³/mol. The van der Waals surface area contributed by atoms with Crippen LogP contribution in [0.15, 0.2) is 12.4 Å². The Morgan fingerprint density at radius 1 is 1.21 bits per heavy atom. The first-order chi connectivity index (χ1) is 8.78. The van der Waals surface area contributed by atoms with Crippen molar-refractivity contribution in [2.45, 2.75) is 45.4 Å². The van der Waals surface area contributed by atoms with Crippen molar-refractivity contribution in [3.05, 3.63) is 23.8 Å². The third-order valence-corrected chi connectivity index (χ3v) is 3.88. The quantitative estimate of drug-likeness (QED) is 0.836. The Morgan fingerprint density at radius 2 is 1.79 bits per heavy atom. The molecule has 4 nitrogen and oxygen atoms in total. The van der Waals surface area contributed by atoms with Crippen molar-refractivity contribution in [3.8, 4) is 0 Å². The van der Waals surface area contributed by atoms with Gasteiger partial charge < -0.3 is 14.6 Å². The maximum atomic E-state index is 14.1. The Kier molecular flexibility index (Phi) is 3.68. The highest BCUT2D eigenvalue weighted by Gasteiger charge is 2.53. The lowest BCUT2D eigenvalue weighted by atomic mass is 9.76. The summed E-state index contributed by atoms with van der Waals surface area (Å²) in [6.45, 7) is 8.31. The fourth-order valence-corrected chi connectivity index (χ4v) is 2.04. The Morgan fingerprint density at radius 3 is 2.32 bits per heavy atom. The van der Waals surface area contributed by atoms with Gasteiger partial charge in [-0.2, -0.15) is 0 Å². The third kappa shape index (κ3) is 2.52. The summed E-state index contributed by atoms with van der Waals surface area (Å²) in [7, 11) is 1.11. The van der Waals surface area contributed by atoms with E-state index in [9.17, 15) is 4.39 Å². The standard InChI is InChI=1S/C13H20BFN2O2/c1-12(2)13(3,4)19-14(18-12)11-9(6-16-5)7-17-8-10(11)15/h7-8,16H,6H2,1-5H3. The zero-order valence-electron chi connectivity index (χ0n) is 12.1. The molecular weight excluding hydrogens is 246 g/mol. The van der Waals surface area contributed by atoms with Crippen molar-refractivity contribution >= 4 is 12.6 Å². The van der Waals surface area contributed by atoms with Crippen LogP contribution >= 0.6 is 0 Å². The minimum Gasteiger partial charge on any atom is -0.399 e. The van der Waals surface area contributed by atoms with E-state index in [1.165, 1.54) is 6.20 Å². The van der Waals surface area contributed by atoms with Crippen LogP contribution in [0.1, 0.15) is 33.3 Å². The van der Waals surface area contributed by atoms with E-state index in [0.29, 0.717) is 12.0 Å². The molecule has 0 spiro atoms. The molecule has 1 aromatic rings. The highest BCUT2D eigenvalue weighted by molar-refractivity contribution is 6.62. The lowest BCUT2D eigenvalue weighted by molar-refractivity contribution is 0.00578. The molecule has 2 heterocycles. The van der Waals surface area contributed by atoms with Gasteiger partial charge in [0.2, 0.25) is 0 Å². The number of aromatic nitrogens is 1. The number of halogens is 1. The summed E-state index contributed by atoms with van der Waals surface area (Å²) >= 11 is 0. The second kappa shape index (κ2) is 4.85. The lowest BCUT2D eigenvalue weighted by Gasteiger charge is -2.32. The van der Waals surface area contributed by atoms with Gasteiger partial charge in [-0.1, -0.05) is 0 Å². The zero-order valence-corrected chi connectivity index (χ0v) is 12.1. The molecule has 1 aliphatic heterocycles. The first-order valence-electron chi connectivity index (χ1n) is 6.41. The highest BCUT2D eigenvalue weighted by Crippen LogP contribution is 2.36. The van der Waals surface area contributed by atoms with Crippen LogP contribution < -0.4 is 10.8 Å². The SMILES string of the molecule is CNCc1cncc(F)c1B1OC(C)(C)C(C)(C)O1. The number of rotatable bonds is 3. The van der Waals surface area contributed by atoms with Gasteiger partial charge in [0.15, 0.2) is 0 Å². The molecule has 0 radical (unpaired) electrons. The maximum Gasteiger partial charge on any atom is 0.498 e. The molecule has 0 bridgehead atoms. The Balaban J connectivity index is 2.39. The Bertz CT molecular complexity index is 464. The lowest BCUT2D eigenvalue weighted by Crippen LogP contribution is -2.41. The Labute approximate surface area is 113 Å². The van der Waals surface area contributed by atoms with Gasteiger partial charge in [0.05, 0.1) is 17.4 Å². The van der Waals surface area contributed by atoms with E-state index in [2.05, 4.69) is 10.3 Å². The predicted octanol–water partition coefficient (Wildman–Crippen LogP) is 1.24. The van der Waals surface area contributed by atoms with Crippen LogP contribution in [0.5, 0.6) is 0 Å². The van der Waals surface area contributed by atoms with Crippen molar-refractivity contribution in [2.24, 2.45) is 0 Å². The molecule has 6 heteroatoms. The molecule has 1 aliphatic rings. The van der Waals surface area contributed by atoms with Crippen molar-refractivity contribution < 1.29 is 13.7 Å². The monoisotopic (exact) mass is 266 g/mol. The summed E-state index contributed by atoms with van der Waals surface area (Å²) in [6, 6.07) is 0. The summed E-state index contributed by atoms with van der Waals surface area (Å²) in [4.78, 5) is 3.88. The summed E-state index contributed by atoms with van der Waals surface area (Å²) in [5.74, 6) is -0.397. The van der Waals surface area contributed by atoms with Gasteiger partial charge in [0.25, 0.3) is 0 Å². The van der Waals surface area contributed by atoms with E-state index in [-0.39, 0.29) is 0 Å². The number of nitrogens with one attached hydrogen (secondary N) is 1. The second-order valence-electron chi connectivity index (χ2n) is 5.81. The summed E-state index contributed by atoms with van der Waals surface area (Å²) < 4.78 is 25.9. The van der Waals surface area contributed by atoms with Crippen LogP contribution in [0.2, 0.25) is 0 Å². The molecule has 0 saturated carbocycles. The van der Waals surface area contributed by atoms with E-state index in [4.69, 9.17) is 9.31 Å². The minimum absolute atomic E-state index is 0.397. The number of pyridine rings is 1. The van der Waals surface area contributed by atoms with Gasteiger partial charge in [-0.3, -0.25) is 4.98 Å². The van der Waals surface area contributed by atoms with Gasteiger partial charge >= 0.3 is 7.12 Å². The number of nitrogens with zero attached hydrogens (tertiary/aromatic N) is 1. The zero-order chi connectivity index (χ0) is 14.3. The van der Waals surface area contributed by atoms with Crippen molar-refractivity contribution in [1.82, 2.24) is 10.3 Å². The third-order valence-electron chi connectivity index (χ3n) is 3.88. The van der Waals surface area contributed by atoms with Crippen LogP contribution in [-0.2, 0) is 15.9 Å². The largest absolute Gasteiger partial charge is 0.498 e. The van der Waals surface area contributed by atoms with E-state index in [1.807, 2.05) is 27.7 Å². The van der Waals surface area contributed by atoms with Crippen molar-refractivity contribution in [3.63, 3.8) is 0 Å².